The van der Waals surface area contributed by atoms with E-state index in [1.807, 2.05) is 17.8 Å². The average Bonchev–Trinajstić information content (AvgIpc) is 3.23. The Morgan fingerprint density at radius 1 is 1.24 bits per heavy atom. The number of hydrogen-bond donors (Lipinski definition) is 2. The van der Waals surface area contributed by atoms with Gasteiger partial charge in [0, 0.05) is 19.0 Å². The molecule has 1 fully saturated rings. The summed E-state index contributed by atoms with van der Waals surface area (Å²) in [6.45, 7) is 6.23. The van der Waals surface area contributed by atoms with E-state index in [2.05, 4.69) is 35.0 Å². The Kier molecular flexibility index (Phi) is 5.74. The molecular weight excluding hydrogens is 416 g/mol. The first kappa shape index (κ1) is 22.1. The smallest absolute Gasteiger partial charge is 0.263 e. The van der Waals surface area contributed by atoms with Crippen molar-refractivity contribution in [1.82, 2.24) is 24.6 Å². The highest BCUT2D eigenvalue weighted by atomic mass is 16.5. The minimum atomic E-state index is -0.566. The molecule has 3 heterocycles. The van der Waals surface area contributed by atoms with Crippen LogP contribution in [0.2, 0.25) is 0 Å². The lowest BCUT2D eigenvalue weighted by Crippen LogP contribution is -2.31. The van der Waals surface area contributed by atoms with Crippen molar-refractivity contribution in [3.8, 4) is 11.6 Å². The third-order valence-corrected chi connectivity index (χ3v) is 7.39. The molecule has 176 valence electrons. The zero-order valence-electron chi connectivity index (χ0n) is 19.8. The fourth-order valence-corrected chi connectivity index (χ4v) is 5.38. The summed E-state index contributed by atoms with van der Waals surface area (Å²) < 4.78 is 7.96. The lowest BCUT2D eigenvalue weighted by Gasteiger charge is -2.33. The zero-order valence-corrected chi connectivity index (χ0v) is 19.8. The third kappa shape index (κ3) is 4.68. The number of aliphatic hydroxyl groups is 1. The maximum atomic E-state index is 10.2. The summed E-state index contributed by atoms with van der Waals surface area (Å²) in [6.07, 6.45) is 13.1. The van der Waals surface area contributed by atoms with Crippen LogP contribution in [0.15, 0.2) is 41.4 Å². The summed E-state index contributed by atoms with van der Waals surface area (Å²) in [5.41, 5.74) is 10.8. The van der Waals surface area contributed by atoms with Gasteiger partial charge in [0.15, 0.2) is 11.6 Å². The van der Waals surface area contributed by atoms with Gasteiger partial charge in [-0.3, -0.25) is 4.68 Å². The molecule has 3 aliphatic rings. The van der Waals surface area contributed by atoms with Crippen molar-refractivity contribution < 1.29 is 9.84 Å². The van der Waals surface area contributed by atoms with Crippen LogP contribution in [0.25, 0.3) is 0 Å². The van der Waals surface area contributed by atoms with Crippen molar-refractivity contribution in [1.29, 1.82) is 0 Å². The molecule has 0 bridgehead atoms. The van der Waals surface area contributed by atoms with Gasteiger partial charge in [-0.15, -0.1) is 0 Å². The van der Waals surface area contributed by atoms with Crippen molar-refractivity contribution >= 4 is 5.82 Å². The van der Waals surface area contributed by atoms with Crippen LogP contribution in [-0.4, -0.2) is 55.5 Å². The summed E-state index contributed by atoms with van der Waals surface area (Å²) >= 11 is 0. The van der Waals surface area contributed by atoms with E-state index in [1.165, 1.54) is 16.7 Å². The largest absolute Gasteiger partial charge is 0.433 e. The number of nitrogens with zero attached hydrogens (tertiary/aromatic N) is 5. The SMILES string of the molecule is CC1=CC(c2cnc(N)c(Oc3cnn([C@H]4CC[C@@](C)(O)CC4)c3)n2)CC2=C1CCN(C)C2. The number of nitrogens with two attached hydrogens (primary N) is 1. The number of aromatic nitrogens is 4. The summed E-state index contributed by atoms with van der Waals surface area (Å²) in [5, 5.41) is 14.7. The van der Waals surface area contributed by atoms with Crippen LogP contribution in [-0.2, 0) is 0 Å². The van der Waals surface area contributed by atoms with Crippen molar-refractivity contribution in [2.45, 2.75) is 69.9 Å². The van der Waals surface area contributed by atoms with Crippen LogP contribution in [0.4, 0.5) is 5.82 Å². The second-order valence-electron chi connectivity index (χ2n) is 10.2. The minimum Gasteiger partial charge on any atom is -0.433 e. The number of nitrogen functional groups attached to an aromatic ring is 1. The van der Waals surface area contributed by atoms with Crippen molar-refractivity contribution in [2.24, 2.45) is 0 Å². The Hall–Kier alpha value is -2.71. The Morgan fingerprint density at radius 3 is 2.82 bits per heavy atom. The van der Waals surface area contributed by atoms with Crippen molar-refractivity contribution in [3.05, 3.63) is 47.1 Å². The fourth-order valence-electron chi connectivity index (χ4n) is 5.38. The van der Waals surface area contributed by atoms with E-state index < -0.39 is 5.60 Å². The number of allylic oxidation sites excluding steroid dienone is 2. The molecule has 2 aromatic heterocycles. The Labute approximate surface area is 195 Å². The molecule has 0 spiro atoms. The van der Waals surface area contributed by atoms with Gasteiger partial charge in [0.05, 0.1) is 35.9 Å². The maximum absolute atomic E-state index is 10.2. The lowest BCUT2D eigenvalue weighted by atomic mass is 9.81. The number of hydrogen-bond acceptors (Lipinski definition) is 7. The van der Waals surface area contributed by atoms with Crippen LogP contribution in [0.3, 0.4) is 0 Å². The van der Waals surface area contributed by atoms with E-state index in [1.54, 1.807) is 12.4 Å². The van der Waals surface area contributed by atoms with Gasteiger partial charge in [-0.05, 0) is 65.0 Å². The zero-order chi connectivity index (χ0) is 23.2. The van der Waals surface area contributed by atoms with E-state index in [4.69, 9.17) is 15.5 Å². The molecule has 0 amide bonds. The number of rotatable bonds is 4. The van der Waals surface area contributed by atoms with Crippen LogP contribution in [0.1, 0.15) is 70.0 Å². The number of likely N-dealkylation sites (N-methyl/N-ethyl adjacent to an activating group) is 1. The second-order valence-corrected chi connectivity index (χ2v) is 10.2. The first-order valence-corrected chi connectivity index (χ1v) is 11.9. The van der Waals surface area contributed by atoms with Crippen molar-refractivity contribution in [2.75, 3.05) is 25.9 Å². The molecule has 2 aliphatic carbocycles. The topological polar surface area (TPSA) is 102 Å². The Morgan fingerprint density at radius 2 is 2.03 bits per heavy atom. The van der Waals surface area contributed by atoms with Crippen molar-refractivity contribution in [3.63, 3.8) is 0 Å². The standard InChI is InChI=1S/C25H34N6O2/c1-16-10-17(11-18-14-30(3)9-6-21(16)18)22-13-27-23(26)24(29-22)33-20-12-28-31(15-20)19-4-7-25(2,32)8-5-19/h10,12-13,15,17,19,32H,4-9,11,14H2,1-3H3,(H2,26,27)/t17?,19-,25+. The highest BCUT2D eigenvalue weighted by Gasteiger charge is 2.30. The number of ether oxygens (including phenoxy) is 1. The normalized spacial score (nSPS) is 28.4. The Bertz CT molecular complexity index is 1090. The van der Waals surface area contributed by atoms with Gasteiger partial charge in [-0.2, -0.15) is 5.10 Å². The predicted molar refractivity (Wildman–Crippen MR) is 127 cm³/mol. The van der Waals surface area contributed by atoms with Gasteiger partial charge < -0.3 is 20.5 Å². The lowest BCUT2D eigenvalue weighted by molar-refractivity contribution is 0.00850. The van der Waals surface area contributed by atoms with E-state index in [-0.39, 0.29) is 17.8 Å². The molecule has 1 unspecified atom stereocenters. The molecule has 0 radical (unpaired) electrons. The van der Waals surface area contributed by atoms with E-state index >= 15 is 0 Å². The average molecular weight is 451 g/mol. The monoisotopic (exact) mass is 450 g/mol. The van der Waals surface area contributed by atoms with Gasteiger partial charge in [0.2, 0.25) is 0 Å². The molecule has 1 saturated carbocycles. The van der Waals surface area contributed by atoms with E-state index in [0.717, 1.165) is 57.3 Å². The summed E-state index contributed by atoms with van der Waals surface area (Å²) in [5.74, 6) is 1.36. The Balaban J connectivity index is 1.31. The molecule has 1 atom stereocenters. The molecule has 3 N–H and O–H groups in total. The molecule has 5 rings (SSSR count). The molecule has 1 aliphatic heterocycles. The molecule has 0 aromatic carbocycles. The molecule has 33 heavy (non-hydrogen) atoms. The molecule has 8 heteroatoms. The van der Waals surface area contributed by atoms with Gasteiger partial charge in [-0.1, -0.05) is 17.2 Å². The van der Waals surface area contributed by atoms with E-state index in [9.17, 15) is 5.11 Å². The fraction of sp³-hybridized carbons (Fsp3) is 0.560. The quantitative estimate of drug-likeness (QED) is 0.726. The molecule has 8 nitrogen and oxygen atoms in total. The highest BCUT2D eigenvalue weighted by Crippen LogP contribution is 2.39. The highest BCUT2D eigenvalue weighted by molar-refractivity contribution is 5.46. The van der Waals surface area contributed by atoms with Gasteiger partial charge >= 0.3 is 0 Å². The maximum Gasteiger partial charge on any atom is 0.263 e. The van der Waals surface area contributed by atoms with Gasteiger partial charge in [-0.25, -0.2) is 9.97 Å². The summed E-state index contributed by atoms with van der Waals surface area (Å²) in [4.78, 5) is 11.5. The minimum absolute atomic E-state index is 0.170. The van der Waals surface area contributed by atoms with Gasteiger partial charge in [0.1, 0.15) is 0 Å². The van der Waals surface area contributed by atoms with Crippen LogP contribution in [0.5, 0.6) is 11.6 Å². The second kappa shape index (κ2) is 8.57. The first-order chi connectivity index (χ1) is 15.8. The van der Waals surface area contributed by atoms with E-state index in [0.29, 0.717) is 11.6 Å². The van der Waals surface area contributed by atoms with Crippen LogP contribution < -0.4 is 10.5 Å². The predicted octanol–water partition coefficient (Wildman–Crippen LogP) is 3.98. The molecule has 0 saturated heterocycles. The molecular formula is C25H34N6O2. The summed E-state index contributed by atoms with van der Waals surface area (Å²) in [6, 6.07) is 0.267. The van der Waals surface area contributed by atoms with Crippen LogP contribution in [0, 0.1) is 0 Å². The number of anilines is 1. The van der Waals surface area contributed by atoms with Gasteiger partial charge in [0.25, 0.3) is 5.88 Å². The first-order valence-electron chi connectivity index (χ1n) is 11.9. The third-order valence-electron chi connectivity index (χ3n) is 7.39. The summed E-state index contributed by atoms with van der Waals surface area (Å²) in [7, 11) is 2.18. The molecule has 2 aromatic rings. The van der Waals surface area contributed by atoms with Crippen LogP contribution >= 0.6 is 0 Å².